The van der Waals surface area contributed by atoms with Crippen molar-refractivity contribution in [1.29, 1.82) is 0 Å². The van der Waals surface area contributed by atoms with Crippen LogP contribution >= 0.6 is 0 Å². The Kier molecular flexibility index (Phi) is 6.59. The summed E-state index contributed by atoms with van der Waals surface area (Å²) in [5.74, 6) is 0. The second-order valence-corrected chi connectivity index (χ2v) is 4.92. The Bertz CT molecular complexity index is 740. The van der Waals surface area contributed by atoms with Crippen LogP contribution in [0.1, 0.15) is 44.9 Å². The maximum absolute atomic E-state index is 3.98. The van der Waals surface area contributed by atoms with E-state index in [0.29, 0.717) is 0 Å². The zero-order chi connectivity index (χ0) is 15.2. The quantitative estimate of drug-likeness (QED) is 0.525. The maximum atomic E-state index is 3.98. The highest BCUT2D eigenvalue weighted by atomic mass is 14.1. The summed E-state index contributed by atoms with van der Waals surface area (Å²) >= 11 is 0. The van der Waals surface area contributed by atoms with Gasteiger partial charge in [-0.15, -0.1) is 0 Å². The van der Waals surface area contributed by atoms with E-state index < -0.39 is 0 Å². The van der Waals surface area contributed by atoms with Crippen LogP contribution in [0.25, 0.3) is 28.5 Å². The topological polar surface area (TPSA) is 0 Å². The summed E-state index contributed by atoms with van der Waals surface area (Å²) in [5, 5.41) is 2.53. The summed E-state index contributed by atoms with van der Waals surface area (Å²) in [6, 6.07) is 10.7. The van der Waals surface area contributed by atoms with Crippen LogP contribution in [0, 0.1) is 0 Å². The van der Waals surface area contributed by atoms with Gasteiger partial charge in [0.1, 0.15) is 0 Å². The zero-order valence-corrected chi connectivity index (χ0v) is 13.1. The summed E-state index contributed by atoms with van der Waals surface area (Å²) in [5.41, 5.74) is 4.93. The number of allylic oxidation sites excluding steroid dienone is 5. The van der Waals surface area contributed by atoms with Crippen molar-refractivity contribution < 1.29 is 0 Å². The molecule has 0 bridgehead atoms. The van der Waals surface area contributed by atoms with Crippen molar-refractivity contribution >= 4 is 28.5 Å². The molecule has 0 spiro atoms. The van der Waals surface area contributed by atoms with Gasteiger partial charge in [0, 0.05) is 0 Å². The summed E-state index contributed by atoms with van der Waals surface area (Å²) < 4.78 is 0. The van der Waals surface area contributed by atoms with Crippen molar-refractivity contribution in [3.05, 3.63) is 77.9 Å². The molecule has 0 radical (unpaired) electrons. The van der Waals surface area contributed by atoms with Gasteiger partial charge < -0.3 is 0 Å². The summed E-state index contributed by atoms with van der Waals surface area (Å²) in [6.07, 6.45) is 12.6. The van der Waals surface area contributed by atoms with Crippen LogP contribution in [0.4, 0.5) is 0 Å². The van der Waals surface area contributed by atoms with Crippen molar-refractivity contribution in [2.24, 2.45) is 0 Å². The lowest BCUT2D eigenvalue weighted by molar-refractivity contribution is 1.57. The van der Waals surface area contributed by atoms with Gasteiger partial charge >= 0.3 is 0 Å². The highest BCUT2D eigenvalue weighted by molar-refractivity contribution is 6.01. The molecule has 0 unspecified atom stereocenters. The Labute approximate surface area is 135 Å². The number of rotatable bonds is 4. The molecule has 0 heteroatoms. The number of benzene rings is 2. The van der Waals surface area contributed by atoms with E-state index in [1.165, 1.54) is 33.0 Å². The molecule has 0 heterocycles. The van der Waals surface area contributed by atoms with Crippen LogP contribution in [-0.2, 0) is 0 Å². The molecule has 0 N–H and O–H groups in total. The molecular formula is C22H26. The van der Waals surface area contributed by atoms with Crippen LogP contribution in [0.5, 0.6) is 0 Å². The van der Waals surface area contributed by atoms with E-state index in [0.717, 1.165) is 0 Å². The van der Waals surface area contributed by atoms with Gasteiger partial charge in [-0.2, -0.15) is 0 Å². The molecule has 114 valence electrons. The molecule has 0 saturated carbocycles. The van der Waals surface area contributed by atoms with Crippen molar-refractivity contribution in [3.63, 3.8) is 0 Å². The molecule has 0 aromatic heterocycles. The average Bonchev–Trinajstić information content (AvgIpc) is 2.52. The summed E-state index contributed by atoms with van der Waals surface area (Å²) in [7, 11) is 0. The van der Waals surface area contributed by atoms with E-state index in [-0.39, 0.29) is 7.43 Å². The minimum absolute atomic E-state index is 0. The molecule has 0 aliphatic heterocycles. The summed E-state index contributed by atoms with van der Waals surface area (Å²) in [6.45, 7) is 10.2. The molecule has 0 aliphatic rings. The first kappa shape index (κ1) is 17.7. The molecule has 0 saturated heterocycles. The van der Waals surface area contributed by atoms with Crippen molar-refractivity contribution in [2.75, 3.05) is 0 Å². The van der Waals surface area contributed by atoms with Gasteiger partial charge in [0.05, 0.1) is 0 Å². The molecule has 2 rings (SSSR count). The fourth-order valence-electron chi connectivity index (χ4n) is 2.71. The molecule has 0 fully saturated rings. The predicted octanol–water partition coefficient (Wildman–Crippen LogP) is 7.13. The number of hydrogen-bond acceptors (Lipinski definition) is 0. The maximum Gasteiger partial charge on any atom is -0.00304 e. The van der Waals surface area contributed by atoms with Gasteiger partial charge in [-0.05, 0) is 59.9 Å². The highest BCUT2D eigenvalue weighted by Crippen LogP contribution is 2.33. The van der Waals surface area contributed by atoms with Gasteiger partial charge in [0.2, 0.25) is 0 Å². The van der Waals surface area contributed by atoms with E-state index in [4.69, 9.17) is 0 Å². The lowest BCUT2D eigenvalue weighted by Gasteiger charge is -2.15. The van der Waals surface area contributed by atoms with Crippen LogP contribution in [0.15, 0.2) is 61.2 Å². The smallest absolute Gasteiger partial charge is 0.00304 e. The highest BCUT2D eigenvalue weighted by Gasteiger charge is 2.11. The van der Waals surface area contributed by atoms with Gasteiger partial charge in [0.25, 0.3) is 0 Å². The number of hydrogen-bond donors (Lipinski definition) is 0. The monoisotopic (exact) mass is 290 g/mol. The minimum atomic E-state index is 0. The first-order chi connectivity index (χ1) is 10.3. The van der Waals surface area contributed by atoms with Gasteiger partial charge in [-0.25, -0.2) is 0 Å². The fraction of sp³-hybridized carbons (Fsp3) is 0.182. The first-order valence-electron chi connectivity index (χ1n) is 7.37. The average molecular weight is 290 g/mol. The second-order valence-electron chi connectivity index (χ2n) is 4.92. The van der Waals surface area contributed by atoms with E-state index in [2.05, 4.69) is 88.1 Å². The Morgan fingerprint density at radius 1 is 1.05 bits per heavy atom. The van der Waals surface area contributed by atoms with Crippen LogP contribution in [-0.4, -0.2) is 0 Å². The zero-order valence-electron chi connectivity index (χ0n) is 13.1. The Balaban J connectivity index is 0.00000242. The third kappa shape index (κ3) is 3.28. The Morgan fingerprint density at radius 2 is 1.77 bits per heavy atom. The summed E-state index contributed by atoms with van der Waals surface area (Å²) in [4.78, 5) is 0. The van der Waals surface area contributed by atoms with E-state index >= 15 is 0 Å². The first-order valence-corrected chi connectivity index (χ1v) is 7.37. The standard InChI is InChI=1S/C21H22.CH4/c1-5-11-16(7-3)21-19(12-6-2)17(8-4)15-18-13-9-10-14-20(18)21;/h5-15H,4H2,1-3H3;1H4/b11-5-,12-6-,16-7+;. The third-order valence-electron chi connectivity index (χ3n) is 3.62. The Hall–Kier alpha value is -2.34. The molecule has 0 nitrogen and oxygen atoms in total. The van der Waals surface area contributed by atoms with Gasteiger partial charge in [0.15, 0.2) is 0 Å². The van der Waals surface area contributed by atoms with Gasteiger partial charge in [-0.3, -0.25) is 0 Å². The van der Waals surface area contributed by atoms with Gasteiger partial charge in [-0.1, -0.05) is 74.7 Å². The van der Waals surface area contributed by atoms with E-state index in [1.807, 2.05) is 6.08 Å². The Morgan fingerprint density at radius 3 is 2.36 bits per heavy atom. The fourth-order valence-corrected chi connectivity index (χ4v) is 2.71. The predicted molar refractivity (Wildman–Crippen MR) is 104 cm³/mol. The molecule has 0 aliphatic carbocycles. The SMILES string of the molecule is C.C=Cc1cc2ccccc2c(C(/C=C\C)=C/C)c1/C=C\C. The van der Waals surface area contributed by atoms with E-state index in [1.54, 1.807) is 0 Å². The van der Waals surface area contributed by atoms with Crippen molar-refractivity contribution in [1.82, 2.24) is 0 Å². The molecule has 2 aromatic rings. The molecule has 0 amide bonds. The minimum Gasteiger partial charge on any atom is -0.0984 e. The second kappa shape index (κ2) is 8.19. The molecule has 0 atom stereocenters. The largest absolute Gasteiger partial charge is 0.0984 e. The molecule has 22 heavy (non-hydrogen) atoms. The van der Waals surface area contributed by atoms with Crippen LogP contribution in [0.3, 0.4) is 0 Å². The number of fused-ring (bicyclic) bond motifs is 1. The van der Waals surface area contributed by atoms with Crippen molar-refractivity contribution in [2.45, 2.75) is 28.2 Å². The lowest BCUT2D eigenvalue weighted by atomic mass is 9.89. The third-order valence-corrected chi connectivity index (χ3v) is 3.62. The molecular weight excluding hydrogens is 264 g/mol. The lowest BCUT2D eigenvalue weighted by Crippen LogP contribution is -1.94. The van der Waals surface area contributed by atoms with Crippen LogP contribution in [0.2, 0.25) is 0 Å². The van der Waals surface area contributed by atoms with Crippen LogP contribution < -0.4 is 0 Å². The van der Waals surface area contributed by atoms with Crippen molar-refractivity contribution in [3.8, 4) is 0 Å². The normalized spacial score (nSPS) is 12.0. The van der Waals surface area contributed by atoms with E-state index in [9.17, 15) is 0 Å². The molecule has 2 aromatic carbocycles.